The number of nitrogens with zero attached hydrogens (tertiary/aromatic N) is 5. The number of H-pyrrole nitrogens is 2. The first-order valence-electron chi connectivity index (χ1n) is 21.1. The lowest BCUT2D eigenvalue weighted by Crippen LogP contribution is -2.51. The summed E-state index contributed by atoms with van der Waals surface area (Å²) in [6.07, 6.45) is 5.54. The molecule has 0 radical (unpaired) electrons. The van der Waals surface area contributed by atoms with Crippen LogP contribution in [0.1, 0.15) is 91.0 Å². The van der Waals surface area contributed by atoms with Gasteiger partial charge >= 0.3 is 12.2 Å². The maximum atomic E-state index is 13.7. The Balaban J connectivity index is 1.03. The van der Waals surface area contributed by atoms with Gasteiger partial charge in [0.1, 0.15) is 29.5 Å². The quantitative estimate of drug-likeness (QED) is 0.112. The number of amides is 4. The van der Waals surface area contributed by atoms with Crippen molar-refractivity contribution >= 4 is 34.9 Å². The standard InChI is InChI=1S/C45H55N9O7/c1-24(2)37(50-43(57)59-7)41(55)52-17-9-11-33(52)39-46-22-30(48-39)26-14-16-32-28(19-26)20-35-29-15-13-27(21-36(29)61-45(5,6)54(32)35)31-23-47-40(49-31)34-12-10-18-53(34)42(56)38(25(3)4)51-44(58)60-8/h13-16,19-25,33-34,37-38H,9-12,17-18H2,1-8H3,(H,46,48)(H,47,49)(H,50,57)(H,51,58). The van der Waals surface area contributed by atoms with Crippen LogP contribution in [0.25, 0.3) is 44.7 Å². The van der Waals surface area contributed by atoms with Crippen molar-refractivity contribution in [2.24, 2.45) is 11.8 Å². The molecule has 3 aliphatic rings. The summed E-state index contributed by atoms with van der Waals surface area (Å²) in [6.45, 7) is 12.9. The number of alkyl carbamates (subject to hydrolysis) is 2. The number of aromatic amines is 2. The van der Waals surface area contributed by atoms with Crippen LogP contribution in [0.2, 0.25) is 0 Å². The van der Waals surface area contributed by atoms with Gasteiger partial charge in [0.2, 0.25) is 11.8 Å². The van der Waals surface area contributed by atoms with Crippen LogP contribution in [-0.4, -0.2) is 97.7 Å². The highest BCUT2D eigenvalue weighted by Crippen LogP contribution is 2.46. The second-order valence-corrected chi connectivity index (χ2v) is 17.4. The molecule has 5 aromatic rings. The number of fused-ring (bicyclic) bond motifs is 5. The van der Waals surface area contributed by atoms with Gasteiger partial charge in [0.25, 0.3) is 0 Å². The summed E-state index contributed by atoms with van der Waals surface area (Å²) in [5, 5.41) is 6.46. The van der Waals surface area contributed by atoms with Gasteiger partial charge in [0, 0.05) is 35.2 Å². The van der Waals surface area contributed by atoms with E-state index in [0.717, 1.165) is 76.1 Å². The number of ether oxygens (including phenoxy) is 3. The zero-order valence-electron chi connectivity index (χ0n) is 36.0. The smallest absolute Gasteiger partial charge is 0.407 e. The molecule has 0 saturated carbocycles. The van der Waals surface area contributed by atoms with E-state index in [1.54, 1.807) is 11.1 Å². The van der Waals surface area contributed by atoms with Gasteiger partial charge in [-0.1, -0.05) is 39.8 Å². The first-order valence-corrected chi connectivity index (χ1v) is 21.1. The fourth-order valence-corrected chi connectivity index (χ4v) is 9.15. The van der Waals surface area contributed by atoms with Crippen LogP contribution < -0.4 is 15.4 Å². The van der Waals surface area contributed by atoms with Crippen molar-refractivity contribution in [3.05, 3.63) is 66.5 Å². The van der Waals surface area contributed by atoms with Gasteiger partial charge in [-0.2, -0.15) is 0 Å². The fraction of sp³-hybridized carbons (Fsp3) is 0.467. The number of methoxy groups -OCH3 is 2. The van der Waals surface area contributed by atoms with E-state index in [1.165, 1.54) is 14.2 Å². The van der Waals surface area contributed by atoms with E-state index in [1.807, 2.05) is 44.9 Å². The molecule has 4 unspecified atom stereocenters. The Morgan fingerprint density at radius 2 is 1.26 bits per heavy atom. The molecule has 2 saturated heterocycles. The van der Waals surface area contributed by atoms with Crippen molar-refractivity contribution in [3.8, 4) is 39.5 Å². The Bertz CT molecular complexity index is 2480. The van der Waals surface area contributed by atoms with Crippen LogP contribution in [-0.2, 0) is 24.8 Å². The number of rotatable bonds is 10. The van der Waals surface area contributed by atoms with Gasteiger partial charge in [-0.3, -0.25) is 9.59 Å². The highest BCUT2D eigenvalue weighted by Gasteiger charge is 2.40. The normalized spacial score (nSPS) is 19.0. The SMILES string of the molecule is COC(=O)NC(C(=O)N1CCCC1c1ncc(-c2ccc3c(c2)OC(C)(C)n2c-3cc3cc(-c4cnc(C5CCCN5C(=O)C(NC(=O)OC)C(C)C)[nH]4)ccc32)[nH]1)C(C)C. The molecule has 3 aliphatic heterocycles. The second kappa shape index (κ2) is 16.3. The van der Waals surface area contributed by atoms with Gasteiger partial charge in [-0.15, -0.1) is 0 Å². The fourth-order valence-electron chi connectivity index (χ4n) is 9.15. The molecule has 4 atom stereocenters. The summed E-state index contributed by atoms with van der Waals surface area (Å²) in [6, 6.07) is 12.8. The maximum Gasteiger partial charge on any atom is 0.407 e. The molecule has 0 aliphatic carbocycles. The van der Waals surface area contributed by atoms with Gasteiger partial charge in [0.15, 0.2) is 5.72 Å². The predicted octanol–water partition coefficient (Wildman–Crippen LogP) is 7.26. The third-order valence-electron chi connectivity index (χ3n) is 12.3. The Labute approximate surface area is 354 Å². The average molecular weight is 834 g/mol. The number of hydrogen-bond acceptors (Lipinski definition) is 9. The zero-order valence-corrected chi connectivity index (χ0v) is 36.0. The molecule has 0 spiro atoms. The van der Waals surface area contributed by atoms with E-state index >= 15 is 0 Å². The molecule has 4 amide bonds. The van der Waals surface area contributed by atoms with E-state index in [9.17, 15) is 19.2 Å². The van der Waals surface area contributed by atoms with Crippen molar-refractivity contribution in [2.75, 3.05) is 27.3 Å². The number of aromatic nitrogens is 5. The number of imidazole rings is 2. The monoisotopic (exact) mass is 833 g/mol. The van der Waals surface area contributed by atoms with E-state index in [0.29, 0.717) is 24.7 Å². The lowest BCUT2D eigenvalue weighted by Gasteiger charge is -2.36. The Hall–Kier alpha value is -6.32. The molecule has 322 valence electrons. The average Bonchev–Trinajstić information content (AvgIpc) is 4.09. The van der Waals surface area contributed by atoms with Gasteiger partial charge < -0.3 is 49.2 Å². The van der Waals surface area contributed by atoms with E-state index in [-0.39, 0.29) is 35.7 Å². The van der Waals surface area contributed by atoms with Crippen molar-refractivity contribution in [1.29, 1.82) is 0 Å². The van der Waals surface area contributed by atoms with Crippen LogP contribution in [0.4, 0.5) is 9.59 Å². The summed E-state index contributed by atoms with van der Waals surface area (Å²) in [7, 11) is 2.58. The van der Waals surface area contributed by atoms with Crippen molar-refractivity contribution in [1.82, 2.24) is 44.9 Å². The van der Waals surface area contributed by atoms with Crippen LogP contribution in [0.3, 0.4) is 0 Å². The largest absolute Gasteiger partial charge is 0.467 e. The molecule has 3 aromatic heterocycles. The predicted molar refractivity (Wildman–Crippen MR) is 228 cm³/mol. The Morgan fingerprint density at radius 1 is 0.754 bits per heavy atom. The number of hydrogen-bond donors (Lipinski definition) is 4. The zero-order chi connectivity index (χ0) is 43.3. The topological polar surface area (TPSA) is 189 Å². The lowest BCUT2D eigenvalue weighted by molar-refractivity contribution is -0.136. The van der Waals surface area contributed by atoms with Crippen LogP contribution in [0.5, 0.6) is 5.75 Å². The summed E-state index contributed by atoms with van der Waals surface area (Å²) in [5.41, 5.74) is 5.82. The molecular formula is C45H55N9O7. The van der Waals surface area contributed by atoms with Crippen molar-refractivity contribution in [3.63, 3.8) is 0 Å². The summed E-state index contributed by atoms with van der Waals surface area (Å²) >= 11 is 0. The molecule has 2 aromatic carbocycles. The molecular weight excluding hydrogens is 779 g/mol. The van der Waals surface area contributed by atoms with E-state index in [4.69, 9.17) is 24.2 Å². The van der Waals surface area contributed by atoms with Crippen LogP contribution in [0.15, 0.2) is 54.9 Å². The minimum absolute atomic E-state index is 0.120. The molecule has 2 fully saturated rings. The molecule has 61 heavy (non-hydrogen) atoms. The minimum Gasteiger partial charge on any atom is -0.467 e. The van der Waals surface area contributed by atoms with Crippen molar-refractivity contribution < 1.29 is 33.4 Å². The Kier molecular flexibility index (Phi) is 11.0. The number of benzene rings is 2. The second-order valence-electron chi connectivity index (χ2n) is 17.4. The molecule has 6 heterocycles. The third-order valence-corrected chi connectivity index (χ3v) is 12.3. The number of nitrogens with one attached hydrogen (secondary N) is 4. The minimum atomic E-state index is -0.713. The molecule has 4 N–H and O–H groups in total. The third kappa shape index (κ3) is 7.67. The first-order chi connectivity index (χ1) is 29.2. The number of likely N-dealkylation sites (tertiary alicyclic amines) is 2. The first kappa shape index (κ1) is 41.4. The van der Waals surface area contributed by atoms with Gasteiger partial charge in [-0.25, -0.2) is 19.6 Å². The van der Waals surface area contributed by atoms with E-state index in [2.05, 4.69) is 75.4 Å². The molecule has 16 nitrogen and oxygen atoms in total. The number of carbonyl (C=O) groups excluding carboxylic acids is 4. The van der Waals surface area contributed by atoms with Gasteiger partial charge in [0.05, 0.1) is 61.3 Å². The van der Waals surface area contributed by atoms with Crippen LogP contribution in [0, 0.1) is 11.8 Å². The van der Waals surface area contributed by atoms with Crippen molar-refractivity contribution in [2.45, 2.75) is 97.1 Å². The highest BCUT2D eigenvalue weighted by atomic mass is 16.5. The summed E-state index contributed by atoms with van der Waals surface area (Å²) in [4.78, 5) is 71.6. The van der Waals surface area contributed by atoms with Crippen LogP contribution >= 0.6 is 0 Å². The highest BCUT2D eigenvalue weighted by molar-refractivity contribution is 5.93. The maximum absolute atomic E-state index is 13.7. The van der Waals surface area contributed by atoms with E-state index < -0.39 is 30.0 Å². The number of carbonyl (C=O) groups is 4. The molecule has 0 bridgehead atoms. The lowest BCUT2D eigenvalue weighted by atomic mass is 10.0. The summed E-state index contributed by atoms with van der Waals surface area (Å²) in [5.74, 6) is 1.61. The Morgan fingerprint density at radius 3 is 1.77 bits per heavy atom. The molecule has 16 heteroatoms. The van der Waals surface area contributed by atoms with Gasteiger partial charge in [-0.05, 0) is 81.7 Å². The summed E-state index contributed by atoms with van der Waals surface area (Å²) < 4.78 is 18.5. The molecule has 8 rings (SSSR count).